The van der Waals surface area contributed by atoms with Crippen LogP contribution in [0.3, 0.4) is 0 Å². The van der Waals surface area contributed by atoms with Crippen LogP contribution in [0.1, 0.15) is 35.7 Å². The molecule has 1 atom stereocenters. The lowest BCUT2D eigenvalue weighted by Gasteiger charge is -2.12. The van der Waals surface area contributed by atoms with Gasteiger partial charge in [-0.05, 0) is 12.0 Å². The van der Waals surface area contributed by atoms with Gasteiger partial charge in [0.25, 0.3) is 0 Å². The highest BCUT2D eigenvalue weighted by atomic mass is 16.1. The summed E-state index contributed by atoms with van der Waals surface area (Å²) >= 11 is 0. The van der Waals surface area contributed by atoms with Gasteiger partial charge in [0.05, 0.1) is 0 Å². The van der Waals surface area contributed by atoms with Gasteiger partial charge in [-0.25, -0.2) is 0 Å². The maximum Gasteiger partial charge on any atom is 0.167 e. The zero-order valence-electron chi connectivity index (χ0n) is 12.4. The van der Waals surface area contributed by atoms with Gasteiger partial charge in [-0.2, -0.15) is 0 Å². The number of benzene rings is 2. The molecule has 2 rings (SSSR count). The Morgan fingerprint density at radius 1 is 1.05 bits per heavy atom. The van der Waals surface area contributed by atoms with E-state index in [1.807, 2.05) is 66.9 Å². The Morgan fingerprint density at radius 3 is 2.29 bits per heavy atom. The van der Waals surface area contributed by atoms with Crippen molar-refractivity contribution in [3.63, 3.8) is 0 Å². The fourth-order valence-electron chi connectivity index (χ4n) is 2.32. The number of carbonyl (C=O) groups is 1. The second-order valence-corrected chi connectivity index (χ2v) is 5.12. The van der Waals surface area contributed by atoms with E-state index in [1.54, 1.807) is 0 Å². The molecule has 0 saturated carbocycles. The first kappa shape index (κ1) is 15.2. The summed E-state index contributed by atoms with van der Waals surface area (Å²) in [7, 11) is 0. The van der Waals surface area contributed by atoms with Gasteiger partial charge in [0.15, 0.2) is 5.78 Å². The summed E-state index contributed by atoms with van der Waals surface area (Å²) in [6, 6.07) is 19.5. The highest BCUT2D eigenvalue weighted by Crippen LogP contribution is 2.15. The Balaban J connectivity index is 2.02. The van der Waals surface area contributed by atoms with Crippen molar-refractivity contribution >= 4 is 12.0 Å². The average Bonchev–Trinajstić information content (AvgIpc) is 2.55. The molecule has 0 spiro atoms. The second-order valence-electron chi connectivity index (χ2n) is 5.12. The van der Waals surface area contributed by atoms with Crippen LogP contribution in [0.15, 0.2) is 65.7 Å². The number of hydrogen-bond acceptors (Lipinski definition) is 2. The molecule has 0 aliphatic carbocycles. The number of ketones is 1. The molecule has 2 aromatic carbocycles. The number of carbonyl (C=O) groups excluding carboxylic acids is 1. The lowest BCUT2D eigenvalue weighted by molar-refractivity contribution is 0.0918. The summed E-state index contributed by atoms with van der Waals surface area (Å²) < 4.78 is 0. The Hall–Kier alpha value is -2.22. The van der Waals surface area contributed by atoms with Gasteiger partial charge >= 0.3 is 0 Å². The Kier molecular flexibility index (Phi) is 5.89. The van der Waals surface area contributed by atoms with Gasteiger partial charge in [0.1, 0.15) is 0 Å². The monoisotopic (exact) mass is 279 g/mol. The first-order valence-electron chi connectivity index (χ1n) is 7.45. The highest BCUT2D eigenvalue weighted by molar-refractivity contribution is 5.98. The van der Waals surface area contributed by atoms with Crippen molar-refractivity contribution in [1.82, 2.24) is 0 Å². The van der Waals surface area contributed by atoms with Gasteiger partial charge in [0.2, 0.25) is 0 Å². The summed E-state index contributed by atoms with van der Waals surface area (Å²) in [5.41, 5.74) is 1.85. The Morgan fingerprint density at radius 2 is 1.67 bits per heavy atom. The minimum absolute atomic E-state index is 0.0302. The van der Waals surface area contributed by atoms with E-state index in [2.05, 4.69) is 11.9 Å². The number of nitrogens with zero attached hydrogens (tertiary/aromatic N) is 1. The van der Waals surface area contributed by atoms with Crippen molar-refractivity contribution in [3.05, 3.63) is 71.8 Å². The molecule has 0 heterocycles. The molecule has 0 aliphatic rings. The number of aliphatic imine (C=N–C) groups is 1. The molecule has 0 radical (unpaired) electrons. The molecule has 0 N–H and O–H groups in total. The van der Waals surface area contributed by atoms with Crippen LogP contribution in [0.4, 0.5) is 0 Å². The van der Waals surface area contributed by atoms with Crippen molar-refractivity contribution in [2.75, 3.05) is 6.54 Å². The van der Waals surface area contributed by atoms with Crippen LogP contribution >= 0.6 is 0 Å². The van der Waals surface area contributed by atoms with E-state index in [4.69, 9.17) is 0 Å². The van der Waals surface area contributed by atoms with Crippen LogP contribution in [0, 0.1) is 5.92 Å². The zero-order chi connectivity index (χ0) is 14.9. The molecule has 0 aromatic heterocycles. The minimum atomic E-state index is -0.0302. The molecule has 21 heavy (non-hydrogen) atoms. The largest absolute Gasteiger partial charge is 0.294 e. The van der Waals surface area contributed by atoms with E-state index in [0.29, 0.717) is 6.54 Å². The topological polar surface area (TPSA) is 29.4 Å². The molecule has 0 aliphatic heterocycles. The molecular weight excluding hydrogens is 258 g/mol. The molecular formula is C19H21NO. The van der Waals surface area contributed by atoms with Crippen molar-refractivity contribution in [2.24, 2.45) is 10.9 Å². The van der Waals surface area contributed by atoms with E-state index < -0.39 is 0 Å². The van der Waals surface area contributed by atoms with Crippen molar-refractivity contribution in [1.29, 1.82) is 0 Å². The second kappa shape index (κ2) is 8.15. The standard InChI is InChI=1S/C19H21NO/c1-2-9-18(19(21)17-12-7-4-8-13-17)15-20-14-16-10-5-3-6-11-16/h3-8,10-14,18H,2,9,15H2,1H3. The molecule has 2 heteroatoms. The third kappa shape index (κ3) is 4.67. The third-order valence-corrected chi connectivity index (χ3v) is 3.43. The van der Waals surface area contributed by atoms with Gasteiger partial charge in [-0.15, -0.1) is 0 Å². The lowest BCUT2D eigenvalue weighted by atomic mass is 9.93. The predicted molar refractivity (Wildman–Crippen MR) is 88.1 cm³/mol. The molecule has 0 fully saturated rings. The van der Waals surface area contributed by atoms with E-state index >= 15 is 0 Å². The van der Waals surface area contributed by atoms with Crippen LogP contribution in [0.5, 0.6) is 0 Å². The highest BCUT2D eigenvalue weighted by Gasteiger charge is 2.18. The number of rotatable bonds is 7. The SMILES string of the molecule is CCCC(CN=Cc1ccccc1)C(=O)c1ccccc1. The third-order valence-electron chi connectivity index (χ3n) is 3.43. The van der Waals surface area contributed by atoms with E-state index in [9.17, 15) is 4.79 Å². The fourth-order valence-corrected chi connectivity index (χ4v) is 2.32. The predicted octanol–water partition coefficient (Wildman–Crippen LogP) is 4.40. The fraction of sp³-hybridized carbons (Fsp3) is 0.263. The maximum atomic E-state index is 12.5. The molecule has 108 valence electrons. The summed E-state index contributed by atoms with van der Waals surface area (Å²) in [5.74, 6) is 0.167. The van der Waals surface area contributed by atoms with Crippen LogP contribution in [-0.4, -0.2) is 18.5 Å². The normalized spacial score (nSPS) is 12.4. The molecule has 2 aromatic rings. The molecule has 0 saturated heterocycles. The van der Waals surface area contributed by atoms with Gasteiger partial charge in [0, 0.05) is 24.2 Å². The van der Waals surface area contributed by atoms with Gasteiger partial charge in [-0.1, -0.05) is 74.0 Å². The van der Waals surface area contributed by atoms with Gasteiger partial charge < -0.3 is 0 Å². The van der Waals surface area contributed by atoms with Crippen LogP contribution in [0.2, 0.25) is 0 Å². The quantitative estimate of drug-likeness (QED) is 0.545. The summed E-state index contributed by atoms with van der Waals surface area (Å²) in [6.07, 6.45) is 3.71. The molecule has 2 nitrogen and oxygen atoms in total. The number of hydrogen-bond donors (Lipinski definition) is 0. The van der Waals surface area contributed by atoms with Crippen LogP contribution in [0.25, 0.3) is 0 Å². The average molecular weight is 279 g/mol. The van der Waals surface area contributed by atoms with Gasteiger partial charge in [-0.3, -0.25) is 9.79 Å². The molecule has 1 unspecified atom stereocenters. The van der Waals surface area contributed by atoms with Crippen LogP contribution < -0.4 is 0 Å². The minimum Gasteiger partial charge on any atom is -0.294 e. The van der Waals surface area contributed by atoms with E-state index in [1.165, 1.54) is 0 Å². The summed E-state index contributed by atoms with van der Waals surface area (Å²) in [4.78, 5) is 17.0. The molecule has 0 amide bonds. The summed E-state index contributed by atoms with van der Waals surface area (Å²) in [6.45, 7) is 2.66. The van der Waals surface area contributed by atoms with E-state index in [0.717, 1.165) is 24.0 Å². The first-order chi connectivity index (χ1) is 10.3. The van der Waals surface area contributed by atoms with Crippen LogP contribution in [-0.2, 0) is 0 Å². The van der Waals surface area contributed by atoms with Crippen molar-refractivity contribution in [3.8, 4) is 0 Å². The maximum absolute atomic E-state index is 12.5. The molecule has 0 bridgehead atoms. The smallest absolute Gasteiger partial charge is 0.167 e. The lowest BCUT2D eigenvalue weighted by Crippen LogP contribution is -2.18. The zero-order valence-corrected chi connectivity index (χ0v) is 12.4. The van der Waals surface area contributed by atoms with Crippen molar-refractivity contribution < 1.29 is 4.79 Å². The van der Waals surface area contributed by atoms with Crippen molar-refractivity contribution in [2.45, 2.75) is 19.8 Å². The van der Waals surface area contributed by atoms with E-state index in [-0.39, 0.29) is 11.7 Å². The number of Topliss-reactive ketones (excluding diaryl/α,β-unsaturated/α-hetero) is 1. The summed E-state index contributed by atoms with van der Waals surface area (Å²) in [5, 5.41) is 0. The first-order valence-corrected chi connectivity index (χ1v) is 7.45. The Labute approximate surface area is 126 Å². The Bertz CT molecular complexity index is 575.